The van der Waals surface area contributed by atoms with Crippen LogP contribution in [0.3, 0.4) is 0 Å². The number of urea groups is 1. The highest BCUT2D eigenvalue weighted by atomic mass is 16.3. The zero-order valence-corrected chi connectivity index (χ0v) is 13.6. The van der Waals surface area contributed by atoms with Crippen LogP contribution in [0.15, 0.2) is 24.3 Å². The second-order valence-corrected chi connectivity index (χ2v) is 6.53. The molecule has 0 radical (unpaired) electrons. The van der Waals surface area contributed by atoms with Crippen LogP contribution in [0.4, 0.5) is 16.2 Å². The van der Waals surface area contributed by atoms with E-state index < -0.39 is 5.54 Å². The number of aliphatic hydroxyl groups is 1. The van der Waals surface area contributed by atoms with Crippen LogP contribution in [-0.2, 0) is 0 Å². The van der Waals surface area contributed by atoms with E-state index >= 15 is 0 Å². The van der Waals surface area contributed by atoms with Gasteiger partial charge in [0.15, 0.2) is 0 Å². The first kappa shape index (κ1) is 16.6. The Balaban J connectivity index is 1.96. The molecule has 0 saturated carbocycles. The molecular formula is C17H27N3O2. The third kappa shape index (κ3) is 4.91. The Labute approximate surface area is 132 Å². The van der Waals surface area contributed by atoms with Crippen LogP contribution in [0.1, 0.15) is 39.5 Å². The van der Waals surface area contributed by atoms with Gasteiger partial charge in [0, 0.05) is 36.6 Å². The maximum absolute atomic E-state index is 12.1. The van der Waals surface area contributed by atoms with Gasteiger partial charge in [-0.1, -0.05) is 6.07 Å². The Morgan fingerprint density at radius 3 is 2.68 bits per heavy atom. The molecular weight excluding hydrogens is 278 g/mol. The first-order valence-electron chi connectivity index (χ1n) is 8.05. The fourth-order valence-electron chi connectivity index (χ4n) is 2.74. The summed E-state index contributed by atoms with van der Waals surface area (Å²) in [6.45, 7) is 6.01. The van der Waals surface area contributed by atoms with Crippen molar-refractivity contribution in [3.05, 3.63) is 24.3 Å². The number of carbonyl (C=O) groups is 1. The number of carbonyl (C=O) groups excluding carboxylic acids is 1. The highest BCUT2D eigenvalue weighted by molar-refractivity contribution is 5.90. The Bertz CT molecular complexity index is 496. The topological polar surface area (TPSA) is 64.6 Å². The van der Waals surface area contributed by atoms with E-state index in [4.69, 9.17) is 5.11 Å². The van der Waals surface area contributed by atoms with Crippen molar-refractivity contribution in [2.24, 2.45) is 0 Å². The van der Waals surface area contributed by atoms with E-state index in [9.17, 15) is 4.79 Å². The predicted molar refractivity (Wildman–Crippen MR) is 90.4 cm³/mol. The van der Waals surface area contributed by atoms with Crippen molar-refractivity contribution in [1.82, 2.24) is 5.32 Å². The molecule has 5 heteroatoms. The molecule has 122 valence electrons. The van der Waals surface area contributed by atoms with E-state index in [1.165, 1.54) is 19.3 Å². The van der Waals surface area contributed by atoms with Gasteiger partial charge in [-0.25, -0.2) is 4.79 Å². The maximum Gasteiger partial charge on any atom is 0.319 e. The number of nitrogens with one attached hydrogen (secondary N) is 2. The number of anilines is 2. The van der Waals surface area contributed by atoms with Gasteiger partial charge < -0.3 is 20.6 Å². The number of amides is 2. The quantitative estimate of drug-likeness (QED) is 0.783. The lowest BCUT2D eigenvalue weighted by atomic mass is 10.0. The van der Waals surface area contributed by atoms with Crippen LogP contribution < -0.4 is 15.5 Å². The van der Waals surface area contributed by atoms with E-state index in [1.54, 1.807) is 0 Å². The lowest BCUT2D eigenvalue weighted by Gasteiger charge is -2.29. The molecule has 0 spiro atoms. The van der Waals surface area contributed by atoms with Gasteiger partial charge in [-0.3, -0.25) is 0 Å². The van der Waals surface area contributed by atoms with E-state index in [1.807, 2.05) is 32.0 Å². The Kier molecular flexibility index (Phi) is 5.66. The van der Waals surface area contributed by atoms with Crippen LogP contribution >= 0.6 is 0 Å². The standard InChI is InChI=1S/C17H27N3O2/c1-17(2,9-12-21)19-16(22)18-14-7-6-8-15(13-14)20-10-4-3-5-11-20/h6-8,13,21H,3-5,9-12H2,1-2H3,(H2,18,19,22). The summed E-state index contributed by atoms with van der Waals surface area (Å²) in [5.74, 6) is 0. The van der Waals surface area contributed by atoms with Gasteiger partial charge in [0.05, 0.1) is 0 Å². The van der Waals surface area contributed by atoms with E-state index in [-0.39, 0.29) is 12.6 Å². The van der Waals surface area contributed by atoms with Crippen molar-refractivity contribution in [2.45, 2.75) is 45.1 Å². The van der Waals surface area contributed by atoms with Gasteiger partial charge in [0.1, 0.15) is 0 Å². The third-order valence-electron chi connectivity index (χ3n) is 4.01. The molecule has 0 aromatic heterocycles. The molecule has 5 nitrogen and oxygen atoms in total. The summed E-state index contributed by atoms with van der Waals surface area (Å²) >= 11 is 0. The summed E-state index contributed by atoms with van der Waals surface area (Å²) in [7, 11) is 0. The molecule has 1 saturated heterocycles. The zero-order valence-electron chi connectivity index (χ0n) is 13.6. The number of piperidine rings is 1. The lowest BCUT2D eigenvalue weighted by molar-refractivity contribution is 0.218. The molecule has 3 N–H and O–H groups in total. The monoisotopic (exact) mass is 305 g/mol. The van der Waals surface area contributed by atoms with Gasteiger partial charge in [0.2, 0.25) is 0 Å². The van der Waals surface area contributed by atoms with Gasteiger partial charge in [-0.05, 0) is 57.7 Å². The molecule has 1 heterocycles. The number of hydrogen-bond acceptors (Lipinski definition) is 3. The van der Waals surface area contributed by atoms with Crippen molar-refractivity contribution in [3.63, 3.8) is 0 Å². The largest absolute Gasteiger partial charge is 0.396 e. The molecule has 22 heavy (non-hydrogen) atoms. The van der Waals surface area contributed by atoms with Gasteiger partial charge in [-0.15, -0.1) is 0 Å². The average Bonchev–Trinajstić information content (AvgIpc) is 2.47. The summed E-state index contributed by atoms with van der Waals surface area (Å²) in [6.07, 6.45) is 4.28. The van der Waals surface area contributed by atoms with E-state index in [2.05, 4.69) is 21.6 Å². The molecule has 1 aliphatic heterocycles. The maximum atomic E-state index is 12.1. The summed E-state index contributed by atoms with van der Waals surface area (Å²) in [5.41, 5.74) is 1.52. The molecule has 0 unspecified atom stereocenters. The molecule has 1 aliphatic rings. The van der Waals surface area contributed by atoms with Gasteiger partial charge in [-0.2, -0.15) is 0 Å². The second kappa shape index (κ2) is 7.49. The van der Waals surface area contributed by atoms with Gasteiger partial charge in [0.25, 0.3) is 0 Å². The highest BCUT2D eigenvalue weighted by Gasteiger charge is 2.19. The van der Waals surface area contributed by atoms with Crippen LogP contribution in [0.25, 0.3) is 0 Å². The third-order valence-corrected chi connectivity index (χ3v) is 4.01. The van der Waals surface area contributed by atoms with Crippen LogP contribution in [0.2, 0.25) is 0 Å². The zero-order chi connectivity index (χ0) is 16.0. The second-order valence-electron chi connectivity index (χ2n) is 6.53. The number of aliphatic hydroxyl groups excluding tert-OH is 1. The fourth-order valence-corrected chi connectivity index (χ4v) is 2.74. The van der Waals surface area contributed by atoms with Crippen molar-refractivity contribution in [3.8, 4) is 0 Å². The SMILES string of the molecule is CC(C)(CCO)NC(=O)Nc1cccc(N2CCCCC2)c1. The van der Waals surface area contributed by atoms with E-state index in [0.29, 0.717) is 6.42 Å². The number of benzene rings is 1. The summed E-state index contributed by atoms with van der Waals surface area (Å²) in [4.78, 5) is 14.4. The normalized spacial score (nSPS) is 15.5. The minimum absolute atomic E-state index is 0.0533. The van der Waals surface area contributed by atoms with Crippen molar-refractivity contribution in [1.29, 1.82) is 0 Å². The van der Waals surface area contributed by atoms with Crippen molar-refractivity contribution >= 4 is 17.4 Å². The highest BCUT2D eigenvalue weighted by Crippen LogP contribution is 2.23. The minimum atomic E-state index is -0.427. The van der Waals surface area contributed by atoms with Crippen molar-refractivity contribution < 1.29 is 9.90 Å². The van der Waals surface area contributed by atoms with Crippen molar-refractivity contribution in [2.75, 3.05) is 29.9 Å². The lowest BCUT2D eigenvalue weighted by Crippen LogP contribution is -2.46. The predicted octanol–water partition coefficient (Wildman–Crippen LogP) is 2.96. The minimum Gasteiger partial charge on any atom is -0.396 e. The first-order valence-corrected chi connectivity index (χ1v) is 8.05. The smallest absolute Gasteiger partial charge is 0.319 e. The first-order chi connectivity index (χ1) is 10.5. The number of rotatable bonds is 5. The van der Waals surface area contributed by atoms with Crippen LogP contribution in [0.5, 0.6) is 0 Å². The molecule has 0 bridgehead atoms. The molecule has 2 rings (SSSR count). The molecule has 0 atom stereocenters. The summed E-state index contributed by atoms with van der Waals surface area (Å²) in [5, 5.41) is 14.8. The average molecular weight is 305 g/mol. The summed E-state index contributed by atoms with van der Waals surface area (Å²) in [6, 6.07) is 7.73. The molecule has 1 aromatic carbocycles. The Morgan fingerprint density at radius 2 is 2.00 bits per heavy atom. The molecule has 1 fully saturated rings. The van der Waals surface area contributed by atoms with Crippen LogP contribution in [0, 0.1) is 0 Å². The summed E-state index contributed by atoms with van der Waals surface area (Å²) < 4.78 is 0. The number of nitrogens with zero attached hydrogens (tertiary/aromatic N) is 1. The fraction of sp³-hybridized carbons (Fsp3) is 0.588. The van der Waals surface area contributed by atoms with Gasteiger partial charge >= 0.3 is 6.03 Å². The molecule has 1 aromatic rings. The van der Waals surface area contributed by atoms with Crippen LogP contribution in [-0.4, -0.2) is 36.4 Å². The Hall–Kier alpha value is -1.75. The molecule has 0 aliphatic carbocycles. The van der Waals surface area contributed by atoms with E-state index in [0.717, 1.165) is 24.5 Å². The molecule has 2 amide bonds. The number of hydrogen-bond donors (Lipinski definition) is 3. The Morgan fingerprint density at radius 1 is 1.27 bits per heavy atom.